The Bertz CT molecular complexity index is 821. The first-order chi connectivity index (χ1) is 10.8. The van der Waals surface area contributed by atoms with Crippen LogP contribution in [0.4, 0.5) is 0 Å². The summed E-state index contributed by atoms with van der Waals surface area (Å²) in [5, 5.41) is -0.614. The van der Waals surface area contributed by atoms with Crippen molar-refractivity contribution in [2.75, 3.05) is 14.1 Å². The predicted molar refractivity (Wildman–Crippen MR) is 90.7 cm³/mol. The van der Waals surface area contributed by atoms with Crippen molar-refractivity contribution >= 4 is 32.9 Å². The van der Waals surface area contributed by atoms with E-state index in [4.69, 9.17) is 11.6 Å². The molecule has 0 aliphatic carbocycles. The topological polar surface area (TPSA) is 59.4 Å². The van der Waals surface area contributed by atoms with Crippen LogP contribution in [-0.4, -0.2) is 36.6 Å². The first kappa shape index (κ1) is 17.5. The second kappa shape index (κ2) is 7.12. The molecule has 0 unspecified atom stereocenters. The Balaban J connectivity index is 2.26. The van der Waals surface area contributed by atoms with Gasteiger partial charge in [-0.15, -0.1) is 0 Å². The van der Waals surface area contributed by atoms with Crippen LogP contribution < -0.4 is 0 Å². The van der Waals surface area contributed by atoms with E-state index in [-0.39, 0.29) is 4.90 Å². The standard InChI is InChI=1S/C16H17ClN2O3S/c1-18(2)11-13-3-6-15(7-4-13)23(21,22)19-10-9-14(12-19)5-8-16(17)20/h3-10,12H,11H2,1-2H3. The first-order valence-electron chi connectivity index (χ1n) is 6.84. The van der Waals surface area contributed by atoms with E-state index >= 15 is 0 Å². The molecule has 0 N–H and O–H groups in total. The minimum absolute atomic E-state index is 0.208. The molecule has 1 aromatic heterocycles. The minimum Gasteiger partial charge on any atom is -0.305 e. The SMILES string of the molecule is CN(C)Cc1ccc(S(=O)(=O)n2ccc(C=CC(=O)Cl)c2)cc1. The van der Waals surface area contributed by atoms with Gasteiger partial charge < -0.3 is 4.90 Å². The van der Waals surface area contributed by atoms with Crippen molar-refractivity contribution in [3.05, 3.63) is 59.9 Å². The van der Waals surface area contributed by atoms with Gasteiger partial charge in [-0.2, -0.15) is 0 Å². The summed E-state index contributed by atoms with van der Waals surface area (Å²) in [6, 6.07) is 8.36. The van der Waals surface area contributed by atoms with E-state index in [1.54, 1.807) is 30.3 Å². The van der Waals surface area contributed by atoms with Crippen LogP contribution in [-0.2, 0) is 21.4 Å². The molecule has 1 aromatic carbocycles. The summed E-state index contributed by atoms with van der Waals surface area (Å²) < 4.78 is 26.2. The molecule has 5 nitrogen and oxygen atoms in total. The Morgan fingerprint density at radius 3 is 2.43 bits per heavy atom. The zero-order valence-electron chi connectivity index (χ0n) is 12.8. The summed E-state index contributed by atoms with van der Waals surface area (Å²) in [6.45, 7) is 0.741. The summed E-state index contributed by atoms with van der Waals surface area (Å²) in [5.41, 5.74) is 1.61. The smallest absolute Gasteiger partial charge is 0.267 e. The predicted octanol–water partition coefficient (Wildman–Crippen LogP) is 2.57. The van der Waals surface area contributed by atoms with Gasteiger partial charge in [-0.3, -0.25) is 4.79 Å². The molecule has 1 heterocycles. The van der Waals surface area contributed by atoms with Crippen molar-refractivity contribution < 1.29 is 13.2 Å². The van der Waals surface area contributed by atoms with Crippen LogP contribution in [0.2, 0.25) is 0 Å². The molecule has 23 heavy (non-hydrogen) atoms. The molecule has 0 radical (unpaired) electrons. The number of carbonyl (C=O) groups excluding carboxylic acids is 1. The molecule has 0 atom stereocenters. The summed E-state index contributed by atoms with van der Waals surface area (Å²) in [5.74, 6) is 0. The molecule has 0 aliphatic heterocycles. The molecule has 0 aliphatic rings. The molecule has 0 fully saturated rings. The van der Waals surface area contributed by atoms with Gasteiger partial charge in [0.15, 0.2) is 0 Å². The fourth-order valence-corrected chi connectivity index (χ4v) is 3.32. The largest absolute Gasteiger partial charge is 0.305 e. The van der Waals surface area contributed by atoms with Crippen molar-refractivity contribution in [2.24, 2.45) is 0 Å². The number of carbonyl (C=O) groups is 1. The molecule has 2 aromatic rings. The third-order valence-corrected chi connectivity index (χ3v) is 4.87. The van der Waals surface area contributed by atoms with Crippen LogP contribution in [0.1, 0.15) is 11.1 Å². The van der Waals surface area contributed by atoms with Gasteiger partial charge in [-0.25, -0.2) is 12.4 Å². The van der Waals surface area contributed by atoms with Crippen LogP contribution >= 0.6 is 11.6 Å². The lowest BCUT2D eigenvalue weighted by molar-refractivity contribution is -0.107. The second-order valence-electron chi connectivity index (χ2n) is 5.30. The molecule has 2 rings (SSSR count). The first-order valence-corrected chi connectivity index (χ1v) is 8.65. The summed E-state index contributed by atoms with van der Waals surface area (Å²) in [6.07, 6.45) is 5.49. The molecule has 0 bridgehead atoms. The van der Waals surface area contributed by atoms with Gasteiger partial charge >= 0.3 is 0 Å². The highest BCUT2D eigenvalue weighted by Crippen LogP contribution is 2.17. The number of halogens is 1. The van der Waals surface area contributed by atoms with Crippen molar-refractivity contribution in [3.8, 4) is 0 Å². The normalized spacial score (nSPS) is 12.2. The molecule has 0 saturated heterocycles. The Morgan fingerprint density at radius 2 is 1.87 bits per heavy atom. The van der Waals surface area contributed by atoms with Crippen LogP contribution in [0.5, 0.6) is 0 Å². The lowest BCUT2D eigenvalue weighted by atomic mass is 10.2. The van der Waals surface area contributed by atoms with Crippen molar-refractivity contribution in [2.45, 2.75) is 11.4 Å². The molecule has 0 amide bonds. The average Bonchev–Trinajstić information content (AvgIpc) is 2.94. The van der Waals surface area contributed by atoms with Gasteiger partial charge in [0.25, 0.3) is 10.0 Å². The van der Waals surface area contributed by atoms with Crippen molar-refractivity contribution in [3.63, 3.8) is 0 Å². The molecule has 122 valence electrons. The van der Waals surface area contributed by atoms with Gasteiger partial charge in [0.05, 0.1) is 4.90 Å². The van der Waals surface area contributed by atoms with E-state index < -0.39 is 15.3 Å². The maximum absolute atomic E-state index is 12.6. The summed E-state index contributed by atoms with van der Waals surface area (Å²) in [4.78, 5) is 12.9. The zero-order valence-corrected chi connectivity index (χ0v) is 14.4. The fraction of sp³-hybridized carbons (Fsp3) is 0.188. The molecular formula is C16H17ClN2O3S. The highest BCUT2D eigenvalue weighted by Gasteiger charge is 2.16. The number of hydrogen-bond donors (Lipinski definition) is 0. The summed E-state index contributed by atoms with van der Waals surface area (Å²) >= 11 is 5.22. The number of aromatic nitrogens is 1. The van der Waals surface area contributed by atoms with E-state index in [1.807, 2.05) is 19.0 Å². The van der Waals surface area contributed by atoms with Crippen molar-refractivity contribution in [1.29, 1.82) is 0 Å². The Hall–Kier alpha value is -1.89. The van der Waals surface area contributed by atoms with Gasteiger partial charge in [0.2, 0.25) is 5.24 Å². The third kappa shape index (κ3) is 4.54. The average molecular weight is 353 g/mol. The monoisotopic (exact) mass is 352 g/mol. The lowest BCUT2D eigenvalue weighted by Crippen LogP contribution is -2.12. The fourth-order valence-electron chi connectivity index (χ4n) is 2.06. The van der Waals surface area contributed by atoms with E-state index in [9.17, 15) is 13.2 Å². The van der Waals surface area contributed by atoms with Crippen molar-refractivity contribution in [1.82, 2.24) is 8.87 Å². The van der Waals surface area contributed by atoms with Crippen LogP contribution in [0, 0.1) is 0 Å². The van der Waals surface area contributed by atoms with Gasteiger partial charge in [0, 0.05) is 18.9 Å². The van der Waals surface area contributed by atoms with E-state index in [0.717, 1.165) is 16.1 Å². The second-order valence-corrected chi connectivity index (χ2v) is 7.51. The number of benzene rings is 1. The molecule has 7 heteroatoms. The van der Waals surface area contributed by atoms with Crippen LogP contribution in [0.15, 0.2) is 53.7 Å². The third-order valence-electron chi connectivity index (χ3n) is 3.09. The lowest BCUT2D eigenvalue weighted by Gasteiger charge is -2.10. The number of hydrogen-bond acceptors (Lipinski definition) is 4. The van der Waals surface area contributed by atoms with E-state index in [0.29, 0.717) is 5.56 Å². The molecule has 0 spiro atoms. The van der Waals surface area contributed by atoms with Gasteiger partial charge in [0.1, 0.15) is 0 Å². The maximum Gasteiger partial charge on any atom is 0.267 e. The number of allylic oxidation sites excluding steroid dienone is 1. The maximum atomic E-state index is 12.6. The highest BCUT2D eigenvalue weighted by molar-refractivity contribution is 7.90. The number of nitrogens with zero attached hydrogens (tertiary/aromatic N) is 2. The Kier molecular flexibility index (Phi) is 5.41. The van der Waals surface area contributed by atoms with Gasteiger partial charge in [-0.1, -0.05) is 12.1 Å². The Morgan fingerprint density at radius 1 is 1.22 bits per heavy atom. The number of rotatable bonds is 6. The Labute approximate surface area is 140 Å². The van der Waals surface area contributed by atoms with Gasteiger partial charge in [-0.05, 0) is 67.2 Å². The zero-order chi connectivity index (χ0) is 17.0. The van der Waals surface area contributed by atoms with Crippen LogP contribution in [0.25, 0.3) is 6.08 Å². The summed E-state index contributed by atoms with van der Waals surface area (Å²) in [7, 11) is 0.248. The van der Waals surface area contributed by atoms with E-state index in [2.05, 4.69) is 0 Å². The quantitative estimate of drug-likeness (QED) is 0.592. The van der Waals surface area contributed by atoms with E-state index in [1.165, 1.54) is 24.5 Å². The molecule has 0 saturated carbocycles. The highest BCUT2D eigenvalue weighted by atomic mass is 35.5. The minimum atomic E-state index is -3.65. The molecular weight excluding hydrogens is 336 g/mol. The van der Waals surface area contributed by atoms with Crippen LogP contribution in [0.3, 0.4) is 0 Å².